The van der Waals surface area contributed by atoms with Gasteiger partial charge in [-0.05, 0) is 24.6 Å². The van der Waals surface area contributed by atoms with Gasteiger partial charge in [0, 0.05) is 5.56 Å². The molecule has 1 rings (SSSR count). The van der Waals surface area contributed by atoms with E-state index in [0.29, 0.717) is 6.07 Å². The van der Waals surface area contributed by atoms with Gasteiger partial charge in [-0.2, -0.15) is 26.3 Å². The van der Waals surface area contributed by atoms with Gasteiger partial charge in [0.25, 0.3) is 0 Å². The molecule has 0 bridgehead atoms. The van der Waals surface area contributed by atoms with Crippen LogP contribution in [-0.2, 0) is 0 Å². The van der Waals surface area contributed by atoms with Crippen LogP contribution >= 0.6 is 11.6 Å². The zero-order valence-electron chi connectivity index (χ0n) is 9.71. The summed E-state index contributed by atoms with van der Waals surface area (Å²) in [6, 6.07) is 0.733. The molecule has 0 saturated heterocycles. The number of rotatable bonds is 2. The van der Waals surface area contributed by atoms with Crippen LogP contribution in [0, 0.1) is 24.5 Å². The second kappa shape index (κ2) is 5.38. The Hall–Kier alpha value is -1.05. The van der Waals surface area contributed by atoms with Crippen molar-refractivity contribution in [2.75, 3.05) is 0 Å². The lowest BCUT2D eigenvalue weighted by molar-refractivity contribution is -0.285. The third-order valence-corrected chi connectivity index (χ3v) is 3.06. The average molecular weight is 327 g/mol. The molecular weight excluding hydrogens is 320 g/mol. The maximum atomic E-state index is 13.4. The average Bonchev–Trinajstić information content (AvgIpc) is 2.18. The maximum Gasteiger partial charge on any atom is 0.402 e. The number of halogens is 9. The smallest absolute Gasteiger partial charge is 0.207 e. The molecule has 0 amide bonds. The molecule has 0 N–H and O–H groups in total. The van der Waals surface area contributed by atoms with E-state index >= 15 is 0 Å². The minimum absolute atomic E-state index is 0.243. The molecule has 1 unspecified atom stereocenters. The van der Waals surface area contributed by atoms with Crippen LogP contribution in [0.3, 0.4) is 0 Å². The third-order valence-electron chi connectivity index (χ3n) is 2.57. The van der Waals surface area contributed by atoms with Crippen LogP contribution in [0.1, 0.15) is 16.5 Å². The monoisotopic (exact) mass is 326 g/mol. The fourth-order valence-corrected chi connectivity index (χ4v) is 2.02. The van der Waals surface area contributed by atoms with Gasteiger partial charge in [-0.25, -0.2) is 8.78 Å². The van der Waals surface area contributed by atoms with Crippen molar-refractivity contribution in [2.45, 2.75) is 24.7 Å². The summed E-state index contributed by atoms with van der Waals surface area (Å²) in [4.78, 5) is 0. The van der Waals surface area contributed by atoms with Crippen LogP contribution in [0.4, 0.5) is 35.1 Å². The van der Waals surface area contributed by atoms with Crippen molar-refractivity contribution < 1.29 is 35.1 Å². The lowest BCUT2D eigenvalue weighted by atomic mass is 9.96. The van der Waals surface area contributed by atoms with Gasteiger partial charge in [0.05, 0.1) is 5.38 Å². The molecule has 0 spiro atoms. The minimum Gasteiger partial charge on any atom is -0.207 e. The molecule has 0 fully saturated rings. The molecule has 0 heterocycles. The van der Waals surface area contributed by atoms with Crippen LogP contribution in [-0.4, -0.2) is 12.4 Å². The summed E-state index contributed by atoms with van der Waals surface area (Å²) >= 11 is 5.12. The van der Waals surface area contributed by atoms with Gasteiger partial charge >= 0.3 is 12.4 Å². The van der Waals surface area contributed by atoms with Gasteiger partial charge in [0.1, 0.15) is 11.6 Å². The fourth-order valence-electron chi connectivity index (χ4n) is 1.57. The summed E-state index contributed by atoms with van der Waals surface area (Å²) in [6.45, 7) is 1.11. The molecule has 0 aliphatic rings. The van der Waals surface area contributed by atoms with Gasteiger partial charge in [0.2, 0.25) is 0 Å². The number of hydrogen-bond donors (Lipinski definition) is 0. The summed E-state index contributed by atoms with van der Waals surface area (Å²) in [5, 5.41) is -2.81. The Morgan fingerprint density at radius 2 is 1.35 bits per heavy atom. The van der Waals surface area contributed by atoms with E-state index in [9.17, 15) is 35.1 Å². The van der Waals surface area contributed by atoms with Crippen LogP contribution in [0.15, 0.2) is 12.1 Å². The van der Waals surface area contributed by atoms with Crippen LogP contribution in [0.25, 0.3) is 0 Å². The predicted octanol–water partition coefficient (Wildman–Crippen LogP) is 5.29. The molecule has 114 valence electrons. The lowest BCUT2D eigenvalue weighted by Gasteiger charge is -2.27. The van der Waals surface area contributed by atoms with Crippen LogP contribution < -0.4 is 0 Å². The first-order valence-corrected chi connectivity index (χ1v) is 5.52. The number of hydrogen-bond acceptors (Lipinski definition) is 0. The van der Waals surface area contributed by atoms with Crippen molar-refractivity contribution >= 4 is 11.6 Å². The zero-order valence-corrected chi connectivity index (χ0v) is 10.5. The zero-order chi connectivity index (χ0) is 15.9. The topological polar surface area (TPSA) is 0 Å². The van der Waals surface area contributed by atoms with Gasteiger partial charge < -0.3 is 0 Å². The standard InChI is InChI=1S/C11H7ClF8/c1-4-2-7(14)5(3-6(4)13)8(12)9(10(15,16)17)11(18,19)20/h2-3,8-9H,1H3. The maximum absolute atomic E-state index is 13.4. The number of alkyl halides is 7. The molecule has 1 atom stereocenters. The van der Waals surface area contributed by atoms with E-state index < -0.39 is 40.8 Å². The van der Waals surface area contributed by atoms with E-state index in [2.05, 4.69) is 0 Å². The predicted molar refractivity (Wildman–Crippen MR) is 55.3 cm³/mol. The SMILES string of the molecule is Cc1cc(F)c(C(Cl)C(C(F)(F)F)C(F)(F)F)cc1F. The van der Waals surface area contributed by atoms with Crippen molar-refractivity contribution in [3.05, 3.63) is 34.9 Å². The van der Waals surface area contributed by atoms with Gasteiger partial charge in [0.15, 0.2) is 5.92 Å². The van der Waals surface area contributed by atoms with E-state index in [1.165, 1.54) is 0 Å². The van der Waals surface area contributed by atoms with Gasteiger partial charge in [-0.15, -0.1) is 11.6 Å². The molecular formula is C11H7ClF8. The molecule has 1 aromatic carbocycles. The summed E-state index contributed by atoms with van der Waals surface area (Å²) in [5.41, 5.74) is -1.44. The van der Waals surface area contributed by atoms with Crippen molar-refractivity contribution in [1.82, 2.24) is 0 Å². The molecule has 20 heavy (non-hydrogen) atoms. The van der Waals surface area contributed by atoms with E-state index in [-0.39, 0.29) is 11.6 Å². The second-order valence-corrected chi connectivity index (χ2v) is 4.56. The van der Waals surface area contributed by atoms with Crippen molar-refractivity contribution in [3.8, 4) is 0 Å². The Kier molecular flexibility index (Phi) is 4.58. The second-order valence-electron chi connectivity index (χ2n) is 4.09. The third kappa shape index (κ3) is 3.53. The molecule has 0 aromatic heterocycles. The Morgan fingerprint density at radius 1 is 0.900 bits per heavy atom. The molecule has 1 aromatic rings. The highest BCUT2D eigenvalue weighted by atomic mass is 35.5. The first-order chi connectivity index (χ1) is 8.85. The Labute approximate surface area is 113 Å². The quantitative estimate of drug-likeness (QED) is 0.511. The first-order valence-electron chi connectivity index (χ1n) is 5.08. The normalized spacial score (nSPS) is 14.8. The highest BCUT2D eigenvalue weighted by Gasteiger charge is 2.60. The Bertz CT molecular complexity index is 476. The molecule has 9 heteroatoms. The molecule has 0 radical (unpaired) electrons. The molecule has 0 saturated carbocycles. The van der Waals surface area contributed by atoms with Crippen molar-refractivity contribution in [3.63, 3.8) is 0 Å². The Morgan fingerprint density at radius 3 is 1.75 bits per heavy atom. The fraction of sp³-hybridized carbons (Fsp3) is 0.455. The number of aryl methyl sites for hydroxylation is 1. The molecule has 0 aliphatic heterocycles. The van der Waals surface area contributed by atoms with E-state index in [1.54, 1.807) is 0 Å². The van der Waals surface area contributed by atoms with E-state index in [0.717, 1.165) is 6.92 Å². The lowest BCUT2D eigenvalue weighted by Crippen LogP contribution is -2.39. The molecule has 0 aliphatic carbocycles. The number of benzene rings is 1. The minimum atomic E-state index is -5.74. The van der Waals surface area contributed by atoms with Gasteiger partial charge in [-0.1, -0.05) is 0 Å². The summed E-state index contributed by atoms with van der Waals surface area (Å²) in [5.74, 6) is -6.56. The first kappa shape index (κ1) is 17.0. The Balaban J connectivity index is 3.34. The van der Waals surface area contributed by atoms with Gasteiger partial charge in [-0.3, -0.25) is 0 Å². The summed E-state index contributed by atoms with van der Waals surface area (Å²) < 4.78 is 101. The van der Waals surface area contributed by atoms with Crippen LogP contribution in [0.2, 0.25) is 0 Å². The molecule has 0 nitrogen and oxygen atoms in total. The van der Waals surface area contributed by atoms with Crippen molar-refractivity contribution in [2.24, 2.45) is 5.92 Å². The highest BCUT2D eigenvalue weighted by molar-refractivity contribution is 6.21. The summed E-state index contributed by atoms with van der Waals surface area (Å²) in [7, 11) is 0. The van der Waals surface area contributed by atoms with Crippen molar-refractivity contribution in [1.29, 1.82) is 0 Å². The van der Waals surface area contributed by atoms with E-state index in [1.807, 2.05) is 0 Å². The summed E-state index contributed by atoms with van der Waals surface area (Å²) in [6.07, 6.45) is -11.5. The van der Waals surface area contributed by atoms with E-state index in [4.69, 9.17) is 11.6 Å². The largest absolute Gasteiger partial charge is 0.402 e. The van der Waals surface area contributed by atoms with Crippen LogP contribution in [0.5, 0.6) is 0 Å². The highest BCUT2D eigenvalue weighted by Crippen LogP contribution is 2.49.